The number of ether oxygens (including phenoxy) is 1. The molecule has 2 aliphatic rings. The molecule has 2 rings (SSSR count). The summed E-state index contributed by atoms with van der Waals surface area (Å²) >= 11 is 0. The van der Waals surface area contributed by atoms with Gasteiger partial charge in [-0.3, -0.25) is 0 Å². The summed E-state index contributed by atoms with van der Waals surface area (Å²) in [5.41, 5.74) is -0.405. The van der Waals surface area contributed by atoms with Gasteiger partial charge in [-0.2, -0.15) is 0 Å². The molecule has 4 nitrogen and oxygen atoms in total. The number of hydrogen-bond acceptors (Lipinski definition) is 3. The molecule has 17 heavy (non-hydrogen) atoms. The number of piperidine rings is 1. The molecule has 2 fully saturated rings. The summed E-state index contributed by atoms with van der Waals surface area (Å²) in [6.07, 6.45) is -0.270. The number of nitrogens with one attached hydrogen (secondary N) is 1. The van der Waals surface area contributed by atoms with Crippen LogP contribution in [0.1, 0.15) is 34.6 Å². The smallest absolute Gasteiger partial charge is 0.407 e. The van der Waals surface area contributed by atoms with Gasteiger partial charge in [-0.25, -0.2) is 4.79 Å². The predicted molar refractivity (Wildman–Crippen MR) is 66.8 cm³/mol. The maximum Gasteiger partial charge on any atom is 0.407 e. The van der Waals surface area contributed by atoms with Crippen molar-refractivity contribution in [3.8, 4) is 0 Å². The van der Waals surface area contributed by atoms with Gasteiger partial charge in [0, 0.05) is 25.2 Å². The number of likely N-dealkylation sites (tertiary alicyclic amines) is 1. The van der Waals surface area contributed by atoms with Gasteiger partial charge in [-0.05, 0) is 46.5 Å². The van der Waals surface area contributed by atoms with E-state index in [2.05, 4.69) is 24.1 Å². The second-order valence-electron chi connectivity index (χ2n) is 6.55. The van der Waals surface area contributed by atoms with Crippen LogP contribution in [0.15, 0.2) is 0 Å². The normalized spacial score (nSPS) is 32.5. The van der Waals surface area contributed by atoms with Crippen LogP contribution in [-0.2, 0) is 4.74 Å². The minimum Gasteiger partial charge on any atom is -0.444 e. The predicted octanol–water partition coefficient (Wildman–Crippen LogP) is 1.85. The lowest BCUT2D eigenvalue weighted by molar-refractivity contribution is 0.0513. The highest BCUT2D eigenvalue weighted by atomic mass is 16.6. The van der Waals surface area contributed by atoms with E-state index in [-0.39, 0.29) is 6.09 Å². The fraction of sp³-hybridized carbons (Fsp3) is 0.923. The van der Waals surface area contributed by atoms with Crippen molar-refractivity contribution in [1.82, 2.24) is 10.2 Å². The van der Waals surface area contributed by atoms with Crippen LogP contribution in [0, 0.1) is 11.8 Å². The average molecular weight is 240 g/mol. The monoisotopic (exact) mass is 240 g/mol. The standard InChI is InChI=1S/C13H24N2O2/c1-8(2)15-6-9-10(7-15)11(9)14-12(16)17-13(3,4)5/h8-11H,6-7H2,1-5H3,(H,14,16). The minimum absolute atomic E-state index is 0.270. The molecule has 0 bridgehead atoms. The number of rotatable bonds is 2. The van der Waals surface area contributed by atoms with E-state index in [1.54, 1.807) is 0 Å². The molecule has 1 N–H and O–H groups in total. The summed E-state index contributed by atoms with van der Waals surface area (Å²) in [7, 11) is 0. The molecular formula is C13H24N2O2. The van der Waals surface area contributed by atoms with Gasteiger partial charge < -0.3 is 15.0 Å². The van der Waals surface area contributed by atoms with E-state index in [0.29, 0.717) is 23.9 Å². The molecule has 1 aliphatic heterocycles. The van der Waals surface area contributed by atoms with Crippen LogP contribution in [0.4, 0.5) is 4.79 Å². The number of fused-ring (bicyclic) bond motifs is 1. The Morgan fingerprint density at radius 2 is 1.82 bits per heavy atom. The van der Waals surface area contributed by atoms with Crippen LogP contribution in [0.25, 0.3) is 0 Å². The van der Waals surface area contributed by atoms with E-state index in [9.17, 15) is 4.79 Å². The summed E-state index contributed by atoms with van der Waals surface area (Å²) in [4.78, 5) is 14.1. The molecular weight excluding hydrogens is 216 g/mol. The van der Waals surface area contributed by atoms with E-state index in [4.69, 9.17) is 4.74 Å². The number of hydrogen-bond donors (Lipinski definition) is 1. The van der Waals surface area contributed by atoms with Crippen LogP contribution in [0.3, 0.4) is 0 Å². The fourth-order valence-corrected chi connectivity index (χ4v) is 2.64. The number of nitrogens with zero attached hydrogens (tertiary/aromatic N) is 1. The SMILES string of the molecule is CC(C)N1CC2C(C1)C2NC(=O)OC(C)(C)C. The minimum atomic E-state index is -0.405. The van der Waals surface area contributed by atoms with Crippen LogP contribution in [0.2, 0.25) is 0 Å². The molecule has 98 valence electrons. The van der Waals surface area contributed by atoms with Gasteiger partial charge in [-0.15, -0.1) is 0 Å². The maximum atomic E-state index is 11.6. The zero-order valence-electron chi connectivity index (χ0n) is 11.5. The molecule has 1 saturated carbocycles. The van der Waals surface area contributed by atoms with Gasteiger partial charge in [0.2, 0.25) is 0 Å². The molecule has 1 heterocycles. The third-order valence-corrected chi connectivity index (χ3v) is 3.64. The Bertz CT molecular complexity index is 297. The van der Waals surface area contributed by atoms with Crippen LogP contribution >= 0.6 is 0 Å². The number of alkyl carbamates (subject to hydrolysis) is 1. The first-order valence-electron chi connectivity index (χ1n) is 6.51. The van der Waals surface area contributed by atoms with Gasteiger partial charge in [0.15, 0.2) is 0 Å². The Balaban J connectivity index is 1.74. The highest BCUT2D eigenvalue weighted by Gasteiger charge is 2.56. The Kier molecular flexibility index (Phi) is 3.10. The lowest BCUT2D eigenvalue weighted by Crippen LogP contribution is -2.39. The van der Waals surface area contributed by atoms with Crippen molar-refractivity contribution in [2.24, 2.45) is 11.8 Å². The molecule has 0 radical (unpaired) electrons. The molecule has 0 aromatic rings. The van der Waals surface area contributed by atoms with E-state index in [0.717, 1.165) is 13.1 Å². The highest BCUT2D eigenvalue weighted by Crippen LogP contribution is 2.46. The number of amides is 1. The quantitative estimate of drug-likeness (QED) is 0.801. The van der Waals surface area contributed by atoms with Crippen molar-refractivity contribution in [3.05, 3.63) is 0 Å². The summed E-state index contributed by atoms with van der Waals surface area (Å²) in [5.74, 6) is 1.29. The van der Waals surface area contributed by atoms with Gasteiger partial charge >= 0.3 is 6.09 Å². The van der Waals surface area contributed by atoms with Crippen LogP contribution in [0.5, 0.6) is 0 Å². The van der Waals surface area contributed by atoms with Crippen molar-refractivity contribution >= 4 is 6.09 Å². The first kappa shape index (κ1) is 12.7. The molecule has 1 saturated heterocycles. The molecule has 0 aromatic heterocycles. The first-order valence-corrected chi connectivity index (χ1v) is 6.51. The molecule has 0 aromatic carbocycles. The second-order valence-corrected chi connectivity index (χ2v) is 6.55. The molecule has 1 aliphatic carbocycles. The third kappa shape index (κ3) is 2.92. The van der Waals surface area contributed by atoms with Crippen molar-refractivity contribution < 1.29 is 9.53 Å². The zero-order valence-corrected chi connectivity index (χ0v) is 11.5. The summed E-state index contributed by atoms with van der Waals surface area (Å²) < 4.78 is 5.26. The molecule has 0 spiro atoms. The third-order valence-electron chi connectivity index (χ3n) is 3.64. The summed E-state index contributed by atoms with van der Waals surface area (Å²) in [6, 6.07) is 0.963. The van der Waals surface area contributed by atoms with Crippen molar-refractivity contribution in [3.63, 3.8) is 0 Å². The van der Waals surface area contributed by atoms with Crippen molar-refractivity contribution in [2.45, 2.75) is 52.3 Å². The van der Waals surface area contributed by atoms with Gasteiger partial charge in [0.1, 0.15) is 5.60 Å². The Morgan fingerprint density at radius 1 is 1.29 bits per heavy atom. The van der Waals surface area contributed by atoms with E-state index in [1.165, 1.54) is 0 Å². The Labute approximate surface area is 104 Å². The van der Waals surface area contributed by atoms with Gasteiger partial charge in [-0.1, -0.05) is 0 Å². The van der Waals surface area contributed by atoms with Gasteiger partial charge in [0.25, 0.3) is 0 Å². The van der Waals surface area contributed by atoms with E-state index < -0.39 is 5.60 Å². The maximum absolute atomic E-state index is 11.6. The zero-order chi connectivity index (χ0) is 12.8. The molecule has 2 atom stereocenters. The lowest BCUT2D eigenvalue weighted by atomic mass is 10.2. The number of carbonyl (C=O) groups excluding carboxylic acids is 1. The summed E-state index contributed by atoms with van der Waals surface area (Å²) in [6.45, 7) is 12.3. The van der Waals surface area contributed by atoms with Gasteiger partial charge in [0.05, 0.1) is 0 Å². The largest absolute Gasteiger partial charge is 0.444 e. The lowest BCUT2D eigenvalue weighted by Gasteiger charge is -2.24. The first-order chi connectivity index (χ1) is 7.78. The topological polar surface area (TPSA) is 41.6 Å². The van der Waals surface area contributed by atoms with Crippen LogP contribution < -0.4 is 5.32 Å². The summed E-state index contributed by atoms with van der Waals surface area (Å²) in [5, 5.41) is 2.98. The molecule has 2 unspecified atom stereocenters. The van der Waals surface area contributed by atoms with Crippen molar-refractivity contribution in [1.29, 1.82) is 0 Å². The molecule has 4 heteroatoms. The van der Waals surface area contributed by atoms with E-state index in [1.807, 2.05) is 20.8 Å². The average Bonchev–Trinajstić information content (AvgIpc) is 2.59. The Morgan fingerprint density at radius 3 is 2.24 bits per heavy atom. The number of carbonyl (C=O) groups is 1. The Hall–Kier alpha value is -0.770. The molecule has 1 amide bonds. The van der Waals surface area contributed by atoms with Crippen molar-refractivity contribution in [2.75, 3.05) is 13.1 Å². The van der Waals surface area contributed by atoms with Crippen LogP contribution in [-0.4, -0.2) is 41.8 Å². The van der Waals surface area contributed by atoms with E-state index >= 15 is 0 Å². The highest BCUT2D eigenvalue weighted by molar-refractivity contribution is 5.68. The second kappa shape index (κ2) is 4.16. The fourth-order valence-electron chi connectivity index (χ4n) is 2.64.